The van der Waals surface area contributed by atoms with Crippen molar-refractivity contribution in [2.45, 2.75) is 13.8 Å². The average molecular weight is 286 g/mol. The Kier molecular flexibility index (Phi) is 3.76. The van der Waals surface area contributed by atoms with E-state index in [0.717, 1.165) is 0 Å². The van der Waals surface area contributed by atoms with Gasteiger partial charge in [-0.2, -0.15) is 0 Å². The fourth-order valence-corrected chi connectivity index (χ4v) is 2.21. The van der Waals surface area contributed by atoms with E-state index in [9.17, 15) is 14.0 Å². The molecule has 0 spiro atoms. The van der Waals surface area contributed by atoms with Gasteiger partial charge in [-0.25, -0.2) is 4.39 Å². The molecule has 0 atom stereocenters. The molecule has 0 radical (unpaired) electrons. The third-order valence-electron chi connectivity index (χ3n) is 3.26. The first-order valence-corrected chi connectivity index (χ1v) is 6.31. The predicted octanol–water partition coefficient (Wildman–Crippen LogP) is 2.42. The van der Waals surface area contributed by atoms with Crippen LogP contribution in [0.3, 0.4) is 0 Å². The van der Waals surface area contributed by atoms with Crippen molar-refractivity contribution in [3.8, 4) is 5.69 Å². The lowest BCUT2D eigenvalue weighted by Gasteiger charge is -2.16. The zero-order chi connectivity index (χ0) is 15.7. The standard InChI is InChI=1S/C16H15FN2O2/c1-9(2)13-8-14(15(18)20)16(21)19(10(13)3)12-6-4-11(17)5-7-12/h4-8H,1H2,2-3H3,(H2,18,20). The third-order valence-corrected chi connectivity index (χ3v) is 3.26. The van der Waals surface area contributed by atoms with E-state index in [0.29, 0.717) is 22.5 Å². The number of nitrogens with zero attached hydrogens (tertiary/aromatic N) is 1. The molecule has 5 heteroatoms. The number of primary amides is 1. The van der Waals surface area contributed by atoms with Crippen molar-refractivity contribution in [3.63, 3.8) is 0 Å². The lowest BCUT2D eigenvalue weighted by Crippen LogP contribution is -2.30. The Morgan fingerprint density at radius 3 is 2.29 bits per heavy atom. The van der Waals surface area contributed by atoms with Crippen LogP contribution in [0.15, 0.2) is 41.7 Å². The number of hydrogen-bond donors (Lipinski definition) is 1. The van der Waals surface area contributed by atoms with Crippen LogP contribution in [0.1, 0.15) is 28.5 Å². The van der Waals surface area contributed by atoms with E-state index in [4.69, 9.17) is 5.73 Å². The minimum absolute atomic E-state index is 0.122. The molecule has 21 heavy (non-hydrogen) atoms. The first-order chi connectivity index (χ1) is 9.82. The molecule has 4 nitrogen and oxygen atoms in total. The number of halogens is 1. The summed E-state index contributed by atoms with van der Waals surface area (Å²) in [6, 6.07) is 6.88. The molecule has 108 valence electrons. The molecule has 0 aliphatic carbocycles. The zero-order valence-corrected chi connectivity index (χ0v) is 11.8. The summed E-state index contributed by atoms with van der Waals surface area (Å²) in [5.41, 5.74) is 7.05. The van der Waals surface area contributed by atoms with Crippen LogP contribution >= 0.6 is 0 Å². The lowest BCUT2D eigenvalue weighted by molar-refractivity contribution is 0.0998. The minimum atomic E-state index is -0.807. The highest BCUT2D eigenvalue weighted by molar-refractivity contribution is 5.93. The largest absolute Gasteiger partial charge is 0.365 e. The average Bonchev–Trinajstić information content (AvgIpc) is 2.40. The molecule has 1 aromatic carbocycles. The van der Waals surface area contributed by atoms with E-state index in [-0.39, 0.29) is 5.56 Å². The second-order valence-corrected chi connectivity index (χ2v) is 4.82. The summed E-state index contributed by atoms with van der Waals surface area (Å²) in [6.07, 6.45) is 0. The maximum atomic E-state index is 13.0. The second kappa shape index (κ2) is 5.36. The fourth-order valence-electron chi connectivity index (χ4n) is 2.21. The summed E-state index contributed by atoms with van der Waals surface area (Å²) < 4.78 is 14.4. The number of hydrogen-bond acceptors (Lipinski definition) is 2. The van der Waals surface area contributed by atoms with Gasteiger partial charge in [-0.05, 0) is 55.3 Å². The highest BCUT2D eigenvalue weighted by atomic mass is 19.1. The molecule has 1 aromatic heterocycles. The van der Waals surface area contributed by atoms with E-state index in [1.807, 2.05) is 0 Å². The monoisotopic (exact) mass is 286 g/mol. The minimum Gasteiger partial charge on any atom is -0.365 e. The van der Waals surface area contributed by atoms with E-state index in [1.54, 1.807) is 13.8 Å². The maximum absolute atomic E-state index is 13.0. The van der Waals surface area contributed by atoms with Crippen LogP contribution in [-0.4, -0.2) is 10.5 Å². The SMILES string of the molecule is C=C(C)c1cc(C(N)=O)c(=O)n(-c2ccc(F)cc2)c1C. The van der Waals surface area contributed by atoms with E-state index in [1.165, 1.54) is 34.9 Å². The molecule has 1 heterocycles. The van der Waals surface area contributed by atoms with E-state index in [2.05, 4.69) is 6.58 Å². The van der Waals surface area contributed by atoms with Crippen molar-refractivity contribution in [2.24, 2.45) is 5.73 Å². The molecule has 0 bridgehead atoms. The summed E-state index contributed by atoms with van der Waals surface area (Å²) in [7, 11) is 0. The number of allylic oxidation sites excluding steroid dienone is 1. The highest BCUT2D eigenvalue weighted by Gasteiger charge is 2.16. The number of carbonyl (C=O) groups excluding carboxylic acids is 1. The van der Waals surface area contributed by atoms with E-state index >= 15 is 0 Å². The molecule has 0 fully saturated rings. The van der Waals surface area contributed by atoms with Crippen molar-refractivity contribution in [1.29, 1.82) is 0 Å². The molecule has 0 saturated heterocycles. The van der Waals surface area contributed by atoms with Crippen LogP contribution in [0.5, 0.6) is 0 Å². The van der Waals surface area contributed by atoms with Crippen LogP contribution in [0.4, 0.5) is 4.39 Å². The Bertz CT molecular complexity index is 789. The van der Waals surface area contributed by atoms with Crippen molar-refractivity contribution in [3.05, 3.63) is 69.9 Å². The van der Waals surface area contributed by atoms with Gasteiger partial charge in [0.25, 0.3) is 11.5 Å². The summed E-state index contributed by atoms with van der Waals surface area (Å²) in [5.74, 6) is -1.21. The third kappa shape index (κ3) is 2.63. The van der Waals surface area contributed by atoms with Crippen molar-refractivity contribution < 1.29 is 9.18 Å². The zero-order valence-electron chi connectivity index (χ0n) is 11.8. The van der Waals surface area contributed by atoms with Gasteiger partial charge in [0.2, 0.25) is 0 Å². The number of aromatic nitrogens is 1. The van der Waals surface area contributed by atoms with Crippen molar-refractivity contribution in [2.75, 3.05) is 0 Å². The van der Waals surface area contributed by atoms with E-state index < -0.39 is 17.3 Å². The molecule has 0 unspecified atom stereocenters. The quantitative estimate of drug-likeness (QED) is 0.941. The smallest absolute Gasteiger partial charge is 0.268 e. The fraction of sp³-hybridized carbons (Fsp3) is 0.125. The number of nitrogens with two attached hydrogens (primary N) is 1. The topological polar surface area (TPSA) is 65.1 Å². The second-order valence-electron chi connectivity index (χ2n) is 4.82. The van der Waals surface area contributed by atoms with Crippen LogP contribution in [0.2, 0.25) is 0 Å². The Morgan fingerprint density at radius 2 is 1.81 bits per heavy atom. The Balaban J connectivity index is 2.86. The van der Waals surface area contributed by atoms with Crippen molar-refractivity contribution >= 4 is 11.5 Å². The molecule has 0 aliphatic heterocycles. The Hall–Kier alpha value is -2.69. The Morgan fingerprint density at radius 1 is 1.24 bits per heavy atom. The lowest BCUT2D eigenvalue weighted by atomic mass is 10.0. The summed E-state index contributed by atoms with van der Waals surface area (Å²) >= 11 is 0. The van der Waals surface area contributed by atoms with Gasteiger partial charge >= 0.3 is 0 Å². The molecule has 2 N–H and O–H groups in total. The highest BCUT2D eigenvalue weighted by Crippen LogP contribution is 2.19. The number of pyridine rings is 1. The van der Waals surface area contributed by atoms with Crippen LogP contribution in [0.25, 0.3) is 11.3 Å². The molecule has 1 amide bonds. The molecule has 0 aliphatic rings. The van der Waals surface area contributed by atoms with Crippen LogP contribution in [-0.2, 0) is 0 Å². The summed E-state index contributed by atoms with van der Waals surface area (Å²) in [4.78, 5) is 23.9. The van der Waals surface area contributed by atoms with Crippen molar-refractivity contribution in [1.82, 2.24) is 4.57 Å². The van der Waals surface area contributed by atoms with Gasteiger partial charge in [-0.15, -0.1) is 0 Å². The molecular weight excluding hydrogens is 271 g/mol. The Labute approximate surface area is 121 Å². The van der Waals surface area contributed by atoms with Gasteiger partial charge in [0.1, 0.15) is 11.4 Å². The summed E-state index contributed by atoms with van der Waals surface area (Å²) in [6.45, 7) is 7.34. The van der Waals surface area contributed by atoms with Gasteiger partial charge in [0, 0.05) is 11.4 Å². The van der Waals surface area contributed by atoms with Gasteiger partial charge in [0.05, 0.1) is 0 Å². The van der Waals surface area contributed by atoms with Gasteiger partial charge < -0.3 is 5.73 Å². The number of carbonyl (C=O) groups is 1. The molecule has 0 saturated carbocycles. The summed E-state index contributed by atoms with van der Waals surface area (Å²) in [5, 5.41) is 0. The first-order valence-electron chi connectivity index (χ1n) is 6.31. The van der Waals surface area contributed by atoms with Crippen LogP contribution in [0, 0.1) is 12.7 Å². The molecule has 2 aromatic rings. The number of rotatable bonds is 3. The molecular formula is C16H15FN2O2. The molecule has 2 rings (SSSR count). The van der Waals surface area contributed by atoms with Gasteiger partial charge in [-0.1, -0.05) is 6.58 Å². The van der Waals surface area contributed by atoms with Gasteiger partial charge in [-0.3, -0.25) is 14.2 Å². The number of amides is 1. The number of benzene rings is 1. The van der Waals surface area contributed by atoms with Gasteiger partial charge in [0.15, 0.2) is 0 Å². The maximum Gasteiger partial charge on any atom is 0.268 e. The predicted molar refractivity (Wildman–Crippen MR) is 80.0 cm³/mol. The van der Waals surface area contributed by atoms with Crippen LogP contribution < -0.4 is 11.3 Å². The normalized spacial score (nSPS) is 10.4. The first kappa shape index (κ1) is 14.7.